The summed E-state index contributed by atoms with van der Waals surface area (Å²) < 4.78 is 13.8. The van der Waals surface area contributed by atoms with Crippen molar-refractivity contribution in [1.29, 1.82) is 0 Å². The van der Waals surface area contributed by atoms with Crippen LogP contribution >= 0.6 is 11.3 Å². The highest BCUT2D eigenvalue weighted by atomic mass is 32.1. The average Bonchev–Trinajstić information content (AvgIpc) is 3.15. The van der Waals surface area contributed by atoms with E-state index in [2.05, 4.69) is 10.00 Å². The molecule has 4 rings (SSSR count). The van der Waals surface area contributed by atoms with Gasteiger partial charge in [-0.2, -0.15) is 9.78 Å². The number of halogens is 1. The Kier molecular flexibility index (Phi) is 5.97. The van der Waals surface area contributed by atoms with Crippen molar-refractivity contribution in [1.82, 2.24) is 19.6 Å². The number of nitrogens with zero attached hydrogens (tertiary/aromatic N) is 4. The number of hydrogen-bond acceptors (Lipinski definition) is 5. The van der Waals surface area contributed by atoms with E-state index < -0.39 is 0 Å². The molecule has 1 fully saturated rings. The monoisotopic (exact) mass is 428 g/mol. The van der Waals surface area contributed by atoms with Gasteiger partial charge in [-0.1, -0.05) is 17.7 Å². The number of rotatable bonds is 5. The summed E-state index contributed by atoms with van der Waals surface area (Å²) in [4.78, 5) is 31.3. The minimum Gasteiger partial charge on any atom is -0.335 e. The van der Waals surface area contributed by atoms with Crippen LogP contribution in [0.4, 0.5) is 4.39 Å². The average molecular weight is 429 g/mol. The maximum Gasteiger partial charge on any atom is 0.280 e. The zero-order valence-electron chi connectivity index (χ0n) is 17.2. The number of benzene rings is 1. The summed E-state index contributed by atoms with van der Waals surface area (Å²) in [7, 11) is 0. The van der Waals surface area contributed by atoms with E-state index in [-0.39, 0.29) is 18.1 Å². The first-order valence-corrected chi connectivity index (χ1v) is 11.0. The number of alkyl halides is 1. The Labute approximate surface area is 178 Å². The molecule has 0 saturated carbocycles. The number of aryl methyl sites for hydroxylation is 2. The summed E-state index contributed by atoms with van der Waals surface area (Å²) in [5.41, 5.74) is 1.83. The molecule has 158 valence electrons. The zero-order valence-corrected chi connectivity index (χ0v) is 18.0. The molecule has 0 radical (unpaired) electrons. The first kappa shape index (κ1) is 20.7. The minimum absolute atomic E-state index is 0.163. The summed E-state index contributed by atoms with van der Waals surface area (Å²) in [5.74, 6) is -0.163. The molecule has 0 bridgehead atoms. The number of hydrogen-bond donors (Lipinski definition) is 0. The zero-order chi connectivity index (χ0) is 21.3. The third-order valence-corrected chi connectivity index (χ3v) is 6.50. The smallest absolute Gasteiger partial charge is 0.280 e. The number of amides is 1. The van der Waals surface area contributed by atoms with Crippen LogP contribution in [0.2, 0.25) is 0 Å². The van der Waals surface area contributed by atoms with Crippen LogP contribution in [0.15, 0.2) is 34.4 Å². The molecule has 1 aromatic carbocycles. The number of carbonyl (C=O) groups excluding carboxylic acids is 1. The van der Waals surface area contributed by atoms with Crippen molar-refractivity contribution in [3.8, 4) is 5.69 Å². The van der Waals surface area contributed by atoms with Crippen molar-refractivity contribution in [3.05, 3.63) is 56.1 Å². The van der Waals surface area contributed by atoms with Crippen LogP contribution in [0, 0.1) is 13.8 Å². The largest absolute Gasteiger partial charge is 0.335 e. The highest BCUT2D eigenvalue weighted by Gasteiger charge is 2.27. The fourth-order valence-corrected chi connectivity index (χ4v) is 4.67. The molecular formula is C22H25FN4O2S. The third kappa shape index (κ3) is 3.89. The molecule has 0 atom stereocenters. The predicted octanol–water partition coefficient (Wildman–Crippen LogP) is 3.18. The lowest BCUT2D eigenvalue weighted by atomic mass is 10.1. The second-order valence-electron chi connectivity index (χ2n) is 7.66. The fourth-order valence-electron chi connectivity index (χ4n) is 3.83. The van der Waals surface area contributed by atoms with Gasteiger partial charge in [0, 0.05) is 48.4 Å². The van der Waals surface area contributed by atoms with Crippen molar-refractivity contribution in [2.24, 2.45) is 0 Å². The lowest BCUT2D eigenvalue weighted by molar-refractivity contribution is 0.0628. The van der Waals surface area contributed by atoms with E-state index in [9.17, 15) is 14.0 Å². The van der Waals surface area contributed by atoms with Gasteiger partial charge < -0.3 is 4.90 Å². The Morgan fingerprint density at radius 3 is 2.50 bits per heavy atom. The molecule has 2 aromatic heterocycles. The number of fused-ring (bicyclic) bond motifs is 1. The lowest BCUT2D eigenvalue weighted by Gasteiger charge is -2.34. The number of carbonyl (C=O) groups is 1. The summed E-state index contributed by atoms with van der Waals surface area (Å²) in [6.07, 6.45) is 0.520. The minimum atomic E-state index is -0.320. The van der Waals surface area contributed by atoms with Crippen LogP contribution < -0.4 is 5.56 Å². The number of aromatic nitrogens is 2. The first-order chi connectivity index (χ1) is 14.5. The molecule has 0 aliphatic carbocycles. The normalized spacial score (nSPS) is 15.1. The van der Waals surface area contributed by atoms with Crippen molar-refractivity contribution in [3.63, 3.8) is 0 Å². The van der Waals surface area contributed by atoms with Crippen molar-refractivity contribution in [2.75, 3.05) is 39.4 Å². The molecule has 8 heteroatoms. The van der Waals surface area contributed by atoms with Gasteiger partial charge in [-0.3, -0.25) is 18.9 Å². The Hall–Kier alpha value is -2.58. The van der Waals surface area contributed by atoms with E-state index in [1.807, 2.05) is 43.5 Å². The quantitative estimate of drug-likeness (QED) is 0.626. The number of piperazine rings is 1. The molecule has 0 unspecified atom stereocenters. The van der Waals surface area contributed by atoms with Crippen LogP contribution in [0.3, 0.4) is 0 Å². The standard InChI is InChI=1S/C22H25FN4O2S/c1-15-4-6-17(7-5-15)27-21(28)19-16(2)30-14-18(19)20(24-27)22(29)26-12-10-25(11-13-26)9-3-8-23/h4-7,14H,3,8-13H2,1-2H3. The summed E-state index contributed by atoms with van der Waals surface area (Å²) in [6.45, 7) is 6.84. The van der Waals surface area contributed by atoms with Crippen LogP contribution in [0.25, 0.3) is 16.5 Å². The molecule has 1 aliphatic rings. The molecular weight excluding hydrogens is 403 g/mol. The van der Waals surface area contributed by atoms with Gasteiger partial charge in [0.15, 0.2) is 5.69 Å². The van der Waals surface area contributed by atoms with Crippen LogP contribution in [0.5, 0.6) is 0 Å². The van der Waals surface area contributed by atoms with E-state index in [1.165, 1.54) is 16.0 Å². The van der Waals surface area contributed by atoms with Crippen LogP contribution in [0.1, 0.15) is 27.3 Å². The Morgan fingerprint density at radius 1 is 1.13 bits per heavy atom. The number of thiophene rings is 1. The van der Waals surface area contributed by atoms with Gasteiger partial charge in [0.1, 0.15) is 0 Å². The fraction of sp³-hybridized carbons (Fsp3) is 0.409. The van der Waals surface area contributed by atoms with Crippen molar-refractivity contribution >= 4 is 28.0 Å². The van der Waals surface area contributed by atoms with E-state index in [0.717, 1.165) is 23.5 Å². The van der Waals surface area contributed by atoms with Gasteiger partial charge in [-0.15, -0.1) is 11.3 Å². The summed E-state index contributed by atoms with van der Waals surface area (Å²) in [6, 6.07) is 7.53. The van der Waals surface area contributed by atoms with Crippen LogP contribution in [-0.2, 0) is 0 Å². The van der Waals surface area contributed by atoms with Gasteiger partial charge in [0.05, 0.1) is 17.7 Å². The SMILES string of the molecule is Cc1ccc(-n2nc(C(=O)N3CCN(CCCF)CC3)c3csc(C)c3c2=O)cc1. The van der Waals surface area contributed by atoms with Gasteiger partial charge in [-0.05, 0) is 32.4 Å². The summed E-state index contributed by atoms with van der Waals surface area (Å²) >= 11 is 1.46. The van der Waals surface area contributed by atoms with E-state index in [0.29, 0.717) is 48.2 Å². The van der Waals surface area contributed by atoms with Crippen LogP contribution in [-0.4, -0.2) is 64.9 Å². The van der Waals surface area contributed by atoms with Gasteiger partial charge in [0.2, 0.25) is 0 Å². The molecule has 0 spiro atoms. The Morgan fingerprint density at radius 2 is 1.83 bits per heavy atom. The van der Waals surface area contributed by atoms with Crippen molar-refractivity contribution in [2.45, 2.75) is 20.3 Å². The molecule has 3 aromatic rings. The Balaban J connectivity index is 1.70. The molecule has 0 N–H and O–H groups in total. The van der Waals surface area contributed by atoms with Gasteiger partial charge >= 0.3 is 0 Å². The second-order valence-corrected chi connectivity index (χ2v) is 8.74. The molecule has 1 amide bonds. The lowest BCUT2D eigenvalue weighted by Crippen LogP contribution is -2.49. The highest BCUT2D eigenvalue weighted by Crippen LogP contribution is 2.26. The van der Waals surface area contributed by atoms with Gasteiger partial charge in [-0.25, -0.2) is 0 Å². The third-order valence-electron chi connectivity index (χ3n) is 5.58. The highest BCUT2D eigenvalue weighted by molar-refractivity contribution is 7.11. The molecule has 30 heavy (non-hydrogen) atoms. The maximum atomic E-state index is 13.4. The molecule has 6 nitrogen and oxygen atoms in total. The van der Waals surface area contributed by atoms with Gasteiger partial charge in [0.25, 0.3) is 11.5 Å². The topological polar surface area (TPSA) is 58.4 Å². The van der Waals surface area contributed by atoms with Crippen molar-refractivity contribution < 1.29 is 9.18 Å². The summed E-state index contributed by atoms with van der Waals surface area (Å²) in [5, 5.41) is 7.54. The van der Waals surface area contributed by atoms with E-state index >= 15 is 0 Å². The maximum absolute atomic E-state index is 13.4. The molecule has 1 aliphatic heterocycles. The first-order valence-electron chi connectivity index (χ1n) is 10.2. The molecule has 1 saturated heterocycles. The molecule has 3 heterocycles. The Bertz CT molecular complexity index is 1110. The van der Waals surface area contributed by atoms with E-state index in [4.69, 9.17) is 0 Å². The second kappa shape index (κ2) is 8.65. The predicted molar refractivity (Wildman–Crippen MR) is 118 cm³/mol. The van der Waals surface area contributed by atoms with E-state index in [1.54, 1.807) is 4.90 Å².